The van der Waals surface area contributed by atoms with E-state index in [9.17, 15) is 9.59 Å². The number of hydrogen-bond donors (Lipinski definition) is 1. The van der Waals surface area contributed by atoms with Crippen LogP contribution in [0.25, 0.3) is 11.1 Å². The number of carbonyl (C=O) groups excluding carboxylic acids is 2. The van der Waals surface area contributed by atoms with Gasteiger partial charge in [0.25, 0.3) is 17.6 Å². The molecular weight excluding hydrogens is 456 g/mol. The van der Waals surface area contributed by atoms with E-state index in [4.69, 9.17) is 9.47 Å². The van der Waals surface area contributed by atoms with Crippen LogP contribution in [0, 0.1) is 11.6 Å². The highest BCUT2D eigenvalue weighted by molar-refractivity contribution is 6.04. The van der Waals surface area contributed by atoms with Crippen molar-refractivity contribution in [3.8, 4) is 11.1 Å². The Morgan fingerprint density at radius 2 is 1.74 bits per heavy atom. The molecule has 6 rings (SSSR count). The molecule has 0 atom stereocenters. The highest BCUT2D eigenvalue weighted by atomic mass is 19.1. The van der Waals surface area contributed by atoms with Gasteiger partial charge in [-0.3, -0.25) is 14.6 Å². The summed E-state index contributed by atoms with van der Waals surface area (Å²) in [6, 6.07) is 10.7. The third-order valence-electron chi connectivity index (χ3n) is 6.19. The minimum absolute atomic E-state index is 0.197. The molecule has 2 aromatic carbocycles. The SMILES string of the molecule is CC.O=C1c2cccnc2CN1Cc1c(F)cc(-c2ccc3c(c2)C2(OCCO2)C(=O)N3)cc1F. The molecule has 35 heavy (non-hydrogen) atoms. The number of pyridine rings is 1. The van der Waals surface area contributed by atoms with Crippen LogP contribution in [0.4, 0.5) is 14.5 Å². The molecule has 0 unspecified atom stereocenters. The lowest BCUT2D eigenvalue weighted by Crippen LogP contribution is -2.35. The Hall–Kier alpha value is -3.69. The van der Waals surface area contributed by atoms with E-state index in [0.29, 0.717) is 33.6 Å². The minimum Gasteiger partial charge on any atom is -0.336 e. The summed E-state index contributed by atoms with van der Waals surface area (Å²) in [4.78, 5) is 30.5. The van der Waals surface area contributed by atoms with E-state index >= 15 is 8.78 Å². The third-order valence-corrected chi connectivity index (χ3v) is 6.19. The average Bonchev–Trinajstić information content (AvgIpc) is 3.56. The van der Waals surface area contributed by atoms with E-state index in [2.05, 4.69) is 10.3 Å². The first kappa shape index (κ1) is 23.1. The molecule has 0 bridgehead atoms. The van der Waals surface area contributed by atoms with Gasteiger partial charge in [-0.15, -0.1) is 0 Å². The van der Waals surface area contributed by atoms with Gasteiger partial charge in [0.05, 0.1) is 43.2 Å². The number of halogens is 2. The molecule has 1 aromatic heterocycles. The molecule has 180 valence electrons. The number of rotatable bonds is 3. The molecule has 1 saturated heterocycles. The van der Waals surface area contributed by atoms with Crippen molar-refractivity contribution in [1.82, 2.24) is 9.88 Å². The molecule has 0 aliphatic carbocycles. The van der Waals surface area contributed by atoms with Crippen LogP contribution in [-0.4, -0.2) is 34.9 Å². The van der Waals surface area contributed by atoms with Crippen molar-refractivity contribution in [3.63, 3.8) is 0 Å². The van der Waals surface area contributed by atoms with Crippen LogP contribution in [0.15, 0.2) is 48.7 Å². The smallest absolute Gasteiger partial charge is 0.289 e. The topological polar surface area (TPSA) is 80.8 Å². The Morgan fingerprint density at radius 1 is 1.03 bits per heavy atom. The van der Waals surface area contributed by atoms with Gasteiger partial charge < -0.3 is 19.7 Å². The second-order valence-electron chi connectivity index (χ2n) is 8.11. The number of amides is 2. The van der Waals surface area contributed by atoms with E-state index < -0.39 is 23.3 Å². The van der Waals surface area contributed by atoms with Crippen molar-refractivity contribution in [2.75, 3.05) is 18.5 Å². The quantitative estimate of drug-likeness (QED) is 0.604. The number of benzene rings is 2. The molecule has 3 aliphatic heterocycles. The average molecular weight is 479 g/mol. The summed E-state index contributed by atoms with van der Waals surface area (Å²) in [7, 11) is 0. The molecule has 3 aliphatic rings. The van der Waals surface area contributed by atoms with Crippen molar-refractivity contribution < 1.29 is 27.8 Å². The van der Waals surface area contributed by atoms with Gasteiger partial charge in [-0.1, -0.05) is 19.9 Å². The van der Waals surface area contributed by atoms with Crippen LogP contribution in [-0.2, 0) is 33.1 Å². The van der Waals surface area contributed by atoms with Gasteiger partial charge in [0.15, 0.2) is 0 Å². The molecule has 3 aromatic rings. The summed E-state index contributed by atoms with van der Waals surface area (Å²) in [6.07, 6.45) is 1.58. The predicted octanol–water partition coefficient (Wildman–Crippen LogP) is 4.36. The Labute approximate surface area is 200 Å². The molecule has 7 nitrogen and oxygen atoms in total. The maximum Gasteiger partial charge on any atom is 0.289 e. The predicted molar refractivity (Wildman–Crippen MR) is 123 cm³/mol. The molecule has 1 spiro atoms. The van der Waals surface area contributed by atoms with Crippen molar-refractivity contribution in [3.05, 3.63) is 82.7 Å². The fourth-order valence-corrected chi connectivity index (χ4v) is 4.55. The summed E-state index contributed by atoms with van der Waals surface area (Å²) >= 11 is 0. The minimum atomic E-state index is -1.53. The van der Waals surface area contributed by atoms with Gasteiger partial charge in [-0.25, -0.2) is 8.78 Å². The second-order valence-corrected chi connectivity index (χ2v) is 8.11. The molecule has 0 saturated carbocycles. The Balaban J connectivity index is 0.00000124. The number of fused-ring (bicyclic) bond motifs is 3. The number of ether oxygens (including phenoxy) is 2. The van der Waals surface area contributed by atoms with Gasteiger partial charge in [0, 0.05) is 17.3 Å². The van der Waals surface area contributed by atoms with Gasteiger partial charge in [0.2, 0.25) is 0 Å². The van der Waals surface area contributed by atoms with E-state index in [1.165, 1.54) is 17.0 Å². The Bertz CT molecular complexity index is 1310. The Morgan fingerprint density at radius 3 is 2.43 bits per heavy atom. The van der Waals surface area contributed by atoms with Crippen LogP contribution in [0.1, 0.15) is 41.0 Å². The Kier molecular flexibility index (Phi) is 5.82. The van der Waals surface area contributed by atoms with Gasteiger partial charge in [0.1, 0.15) is 11.6 Å². The normalized spacial score (nSPS) is 17.2. The zero-order valence-corrected chi connectivity index (χ0v) is 19.2. The third kappa shape index (κ3) is 3.67. The first-order valence-corrected chi connectivity index (χ1v) is 11.4. The lowest BCUT2D eigenvalue weighted by atomic mass is 9.97. The van der Waals surface area contributed by atoms with Crippen LogP contribution in [0.2, 0.25) is 0 Å². The number of nitrogens with zero attached hydrogens (tertiary/aromatic N) is 2. The highest BCUT2D eigenvalue weighted by Crippen LogP contribution is 2.44. The van der Waals surface area contributed by atoms with Gasteiger partial charge in [-0.2, -0.15) is 0 Å². The standard InChI is InChI=1S/C24H17F2N3O4.C2H6/c25-18-9-14(13-3-4-20-17(8-13)24(23(31)28-20)32-6-7-33-24)10-19(26)16(18)11-29-12-21-15(22(29)30)2-1-5-27-21;1-2/h1-5,8-10H,6-7,11-12H2,(H,28,31);1-2H3. The van der Waals surface area contributed by atoms with Crippen LogP contribution in [0.5, 0.6) is 0 Å². The molecule has 2 amide bonds. The highest BCUT2D eigenvalue weighted by Gasteiger charge is 2.52. The summed E-state index contributed by atoms with van der Waals surface area (Å²) < 4.78 is 41.2. The number of aromatic nitrogens is 1. The van der Waals surface area contributed by atoms with E-state index in [1.54, 1.807) is 36.5 Å². The lowest BCUT2D eigenvalue weighted by molar-refractivity contribution is -0.178. The molecule has 1 N–H and O–H groups in total. The van der Waals surface area contributed by atoms with E-state index in [0.717, 1.165) is 0 Å². The molecule has 4 heterocycles. The van der Waals surface area contributed by atoms with Crippen molar-refractivity contribution in [1.29, 1.82) is 0 Å². The van der Waals surface area contributed by atoms with Crippen LogP contribution < -0.4 is 5.32 Å². The summed E-state index contributed by atoms with van der Waals surface area (Å²) in [5.74, 6) is -3.79. The van der Waals surface area contributed by atoms with Crippen LogP contribution >= 0.6 is 0 Å². The van der Waals surface area contributed by atoms with Crippen molar-refractivity contribution >= 4 is 17.5 Å². The van der Waals surface area contributed by atoms with Gasteiger partial charge in [-0.05, 0) is 47.5 Å². The lowest BCUT2D eigenvalue weighted by Gasteiger charge is -2.20. The largest absolute Gasteiger partial charge is 0.336 e. The number of nitrogens with one attached hydrogen (secondary N) is 1. The number of carbonyl (C=O) groups is 2. The fourth-order valence-electron chi connectivity index (χ4n) is 4.55. The second kappa shape index (κ2) is 8.83. The summed E-state index contributed by atoms with van der Waals surface area (Å²) in [5, 5.41) is 2.71. The van der Waals surface area contributed by atoms with Crippen LogP contribution in [0.3, 0.4) is 0 Å². The number of hydrogen-bond acceptors (Lipinski definition) is 5. The molecule has 1 fully saturated rings. The maximum absolute atomic E-state index is 15.0. The van der Waals surface area contributed by atoms with E-state index in [-0.39, 0.29) is 37.8 Å². The molecular formula is C26H23F2N3O4. The first-order valence-electron chi connectivity index (χ1n) is 11.4. The molecule has 9 heteroatoms. The monoisotopic (exact) mass is 479 g/mol. The van der Waals surface area contributed by atoms with E-state index in [1.807, 2.05) is 13.8 Å². The zero-order valence-electron chi connectivity index (χ0n) is 19.2. The summed E-state index contributed by atoms with van der Waals surface area (Å²) in [6.45, 7) is 4.53. The van der Waals surface area contributed by atoms with Gasteiger partial charge >= 0.3 is 0 Å². The first-order chi connectivity index (χ1) is 17.0. The zero-order chi connectivity index (χ0) is 24.7. The molecule has 0 radical (unpaired) electrons. The number of anilines is 1. The maximum atomic E-state index is 15.0. The fraction of sp³-hybridized carbons (Fsp3) is 0.269. The summed E-state index contributed by atoms with van der Waals surface area (Å²) in [5.41, 5.74) is 2.64. The van der Waals surface area contributed by atoms with Crippen molar-refractivity contribution in [2.24, 2.45) is 0 Å². The van der Waals surface area contributed by atoms with Crippen molar-refractivity contribution in [2.45, 2.75) is 32.7 Å².